The number of nitrogens with one attached hydrogen (secondary N) is 2. The van der Waals surface area contributed by atoms with Crippen LogP contribution in [0.15, 0.2) is 25.8 Å². The molecule has 0 atom stereocenters. The minimum Gasteiger partial charge on any atom is -0.494 e. The number of hydrogen-bond acceptors (Lipinski definition) is 4. The summed E-state index contributed by atoms with van der Waals surface area (Å²) < 4.78 is 11.1. The van der Waals surface area contributed by atoms with Crippen molar-refractivity contribution >= 4 is 49.9 Å². The number of thiocarbonyl (C=S) groups is 1. The van der Waals surface area contributed by atoms with Crippen molar-refractivity contribution < 1.29 is 9.15 Å². The maximum absolute atomic E-state index is 11.9. The molecule has 2 N–H and O–H groups in total. The van der Waals surface area contributed by atoms with Crippen LogP contribution in [0.1, 0.15) is 12.5 Å². The van der Waals surface area contributed by atoms with Crippen LogP contribution in [0.3, 0.4) is 0 Å². The summed E-state index contributed by atoms with van der Waals surface area (Å²) in [4.78, 5) is 11.9. The topological polar surface area (TPSA) is 63.5 Å². The van der Waals surface area contributed by atoms with Crippen molar-refractivity contribution in [1.29, 1.82) is 0 Å². The molecule has 0 unspecified atom stereocenters. The molecule has 0 aliphatic rings. The second-order valence-electron chi connectivity index (χ2n) is 4.33. The van der Waals surface area contributed by atoms with Crippen molar-refractivity contribution in [3.8, 4) is 5.75 Å². The van der Waals surface area contributed by atoms with Crippen LogP contribution in [0, 0.1) is 6.92 Å². The molecule has 0 spiro atoms. The van der Waals surface area contributed by atoms with Crippen LogP contribution in [0.25, 0.3) is 11.0 Å². The summed E-state index contributed by atoms with van der Waals surface area (Å²) in [7, 11) is 1.55. The molecule has 5 nitrogen and oxygen atoms in total. The quantitative estimate of drug-likeness (QED) is 0.638. The zero-order valence-electron chi connectivity index (χ0n) is 11.9. The Morgan fingerprint density at radius 2 is 2.19 bits per heavy atom. The van der Waals surface area contributed by atoms with Crippen LogP contribution >= 0.6 is 28.1 Å². The summed E-state index contributed by atoms with van der Waals surface area (Å²) in [5.41, 5.74) is 1.32. The van der Waals surface area contributed by atoms with Gasteiger partial charge < -0.3 is 19.8 Å². The van der Waals surface area contributed by atoms with Gasteiger partial charge in [0.2, 0.25) is 0 Å². The van der Waals surface area contributed by atoms with Crippen molar-refractivity contribution in [2.24, 2.45) is 0 Å². The van der Waals surface area contributed by atoms with Crippen LogP contribution in [-0.2, 0) is 0 Å². The first kappa shape index (κ1) is 15.8. The summed E-state index contributed by atoms with van der Waals surface area (Å²) in [6, 6.07) is 3.65. The first-order chi connectivity index (χ1) is 9.99. The number of benzene rings is 1. The van der Waals surface area contributed by atoms with Gasteiger partial charge in [0.05, 0.1) is 7.11 Å². The van der Waals surface area contributed by atoms with Gasteiger partial charge in [-0.3, -0.25) is 0 Å². The first-order valence-corrected chi connectivity index (χ1v) is 7.54. The van der Waals surface area contributed by atoms with E-state index in [-0.39, 0.29) is 0 Å². The number of fused-ring (bicyclic) bond motifs is 1. The van der Waals surface area contributed by atoms with Crippen molar-refractivity contribution in [2.75, 3.05) is 19.0 Å². The fourth-order valence-electron chi connectivity index (χ4n) is 1.98. The number of aryl methyl sites for hydroxylation is 1. The van der Waals surface area contributed by atoms with E-state index >= 15 is 0 Å². The van der Waals surface area contributed by atoms with Gasteiger partial charge in [0.25, 0.3) is 0 Å². The van der Waals surface area contributed by atoms with E-state index in [0.717, 1.165) is 10.9 Å². The summed E-state index contributed by atoms with van der Waals surface area (Å²) in [6.45, 7) is 4.48. The van der Waals surface area contributed by atoms with Gasteiger partial charge in [-0.2, -0.15) is 0 Å². The van der Waals surface area contributed by atoms with Gasteiger partial charge in [0, 0.05) is 11.9 Å². The molecule has 0 saturated heterocycles. The van der Waals surface area contributed by atoms with Crippen LogP contribution in [0.4, 0.5) is 5.69 Å². The summed E-state index contributed by atoms with van der Waals surface area (Å²) in [5, 5.41) is 7.26. The highest BCUT2D eigenvalue weighted by Gasteiger charge is 2.16. The third kappa shape index (κ3) is 3.03. The van der Waals surface area contributed by atoms with E-state index in [9.17, 15) is 4.79 Å². The fraction of sp³-hybridized carbons (Fsp3) is 0.286. The highest BCUT2D eigenvalue weighted by molar-refractivity contribution is 9.10. The van der Waals surface area contributed by atoms with Gasteiger partial charge in [-0.25, -0.2) is 4.79 Å². The lowest BCUT2D eigenvalue weighted by Crippen LogP contribution is -2.28. The fourth-order valence-corrected chi connectivity index (χ4v) is 2.52. The lowest BCUT2D eigenvalue weighted by atomic mass is 10.1. The zero-order valence-corrected chi connectivity index (χ0v) is 14.3. The predicted molar refractivity (Wildman–Crippen MR) is 91.4 cm³/mol. The number of ether oxygens (including phenoxy) is 1. The molecule has 0 aliphatic carbocycles. The second-order valence-corrected chi connectivity index (χ2v) is 5.53. The zero-order chi connectivity index (χ0) is 15.6. The molecule has 112 valence electrons. The molecule has 1 aromatic heterocycles. The molecule has 2 rings (SSSR count). The first-order valence-electron chi connectivity index (χ1n) is 6.34. The lowest BCUT2D eigenvalue weighted by Gasteiger charge is -2.15. The molecule has 1 heterocycles. The molecule has 21 heavy (non-hydrogen) atoms. The highest BCUT2D eigenvalue weighted by atomic mass is 79.9. The molecular formula is C14H15BrN2O3S. The molecule has 0 fully saturated rings. The van der Waals surface area contributed by atoms with Gasteiger partial charge >= 0.3 is 5.63 Å². The molecule has 0 saturated carbocycles. The standard InChI is InChI=1S/C14H15BrN2O3S/c1-4-16-14(21)17-11-9(19-3)6-5-8-7(2)10(15)13(18)20-12(8)11/h5-6H,4H2,1-3H3,(H2,16,17,21). The van der Waals surface area contributed by atoms with Crippen LogP contribution in [-0.4, -0.2) is 18.8 Å². The Balaban J connectivity index is 2.70. The molecule has 0 radical (unpaired) electrons. The average Bonchev–Trinajstić information content (AvgIpc) is 2.46. The van der Waals surface area contributed by atoms with E-state index < -0.39 is 5.63 Å². The number of rotatable bonds is 3. The predicted octanol–water partition coefficient (Wildman–Crippen LogP) is 3.18. The summed E-state index contributed by atoms with van der Waals surface area (Å²) in [5.74, 6) is 0.549. The van der Waals surface area contributed by atoms with Gasteiger partial charge in [-0.1, -0.05) is 0 Å². The third-order valence-corrected chi connectivity index (χ3v) is 4.19. The molecular weight excluding hydrogens is 356 g/mol. The Kier molecular flexibility index (Phi) is 4.84. The van der Waals surface area contributed by atoms with Crippen LogP contribution in [0.5, 0.6) is 5.75 Å². The van der Waals surface area contributed by atoms with E-state index in [1.807, 2.05) is 19.9 Å². The largest absolute Gasteiger partial charge is 0.494 e. The molecule has 0 bridgehead atoms. The molecule has 0 aliphatic heterocycles. The Morgan fingerprint density at radius 3 is 2.81 bits per heavy atom. The minimum atomic E-state index is -0.439. The Morgan fingerprint density at radius 1 is 1.48 bits per heavy atom. The van der Waals surface area contributed by atoms with Crippen LogP contribution in [0.2, 0.25) is 0 Å². The molecule has 1 aromatic carbocycles. The van der Waals surface area contributed by atoms with Crippen molar-refractivity contribution in [2.45, 2.75) is 13.8 Å². The monoisotopic (exact) mass is 370 g/mol. The van der Waals surface area contributed by atoms with E-state index in [2.05, 4.69) is 26.6 Å². The Labute approximate surface area is 135 Å². The number of hydrogen-bond donors (Lipinski definition) is 2. The van der Waals surface area contributed by atoms with Crippen molar-refractivity contribution in [3.63, 3.8) is 0 Å². The SMILES string of the molecule is CCNC(=S)Nc1c(OC)ccc2c(C)c(Br)c(=O)oc12. The highest BCUT2D eigenvalue weighted by Crippen LogP contribution is 2.35. The minimum absolute atomic E-state index is 0.417. The third-order valence-electron chi connectivity index (χ3n) is 3.02. The maximum atomic E-state index is 11.9. The van der Waals surface area contributed by atoms with E-state index in [0.29, 0.717) is 33.1 Å². The number of halogens is 1. The normalized spacial score (nSPS) is 10.5. The number of methoxy groups -OCH3 is 1. The second kappa shape index (κ2) is 6.44. The van der Waals surface area contributed by atoms with Gasteiger partial charge in [-0.05, 0) is 59.7 Å². The van der Waals surface area contributed by atoms with Crippen molar-refractivity contribution in [3.05, 3.63) is 32.6 Å². The Bertz CT molecular complexity index is 758. The van der Waals surface area contributed by atoms with Gasteiger partial charge in [0.1, 0.15) is 15.9 Å². The van der Waals surface area contributed by atoms with E-state index in [4.69, 9.17) is 21.4 Å². The lowest BCUT2D eigenvalue weighted by molar-refractivity contribution is 0.416. The molecule has 7 heteroatoms. The number of anilines is 1. The smallest absolute Gasteiger partial charge is 0.351 e. The van der Waals surface area contributed by atoms with Gasteiger partial charge in [-0.15, -0.1) is 0 Å². The van der Waals surface area contributed by atoms with Crippen LogP contribution < -0.4 is 21.0 Å². The van der Waals surface area contributed by atoms with E-state index in [1.165, 1.54) is 0 Å². The average molecular weight is 371 g/mol. The molecule has 0 amide bonds. The van der Waals surface area contributed by atoms with Gasteiger partial charge in [0.15, 0.2) is 10.7 Å². The Hall–Kier alpha value is -1.60. The van der Waals surface area contributed by atoms with Crippen molar-refractivity contribution in [1.82, 2.24) is 5.32 Å². The summed E-state index contributed by atoms with van der Waals surface area (Å²) in [6.07, 6.45) is 0. The maximum Gasteiger partial charge on any atom is 0.351 e. The molecule has 2 aromatic rings. The summed E-state index contributed by atoms with van der Waals surface area (Å²) >= 11 is 8.43. The van der Waals surface area contributed by atoms with E-state index in [1.54, 1.807) is 13.2 Å².